The average molecular weight is 185 g/mol. The molecule has 1 rings (SSSR count). The highest BCUT2D eigenvalue weighted by molar-refractivity contribution is 5.92. The minimum absolute atomic E-state index is 0.138. The fourth-order valence-electron chi connectivity index (χ4n) is 0.802. The van der Waals surface area contributed by atoms with Crippen LogP contribution in [0.15, 0.2) is 11.0 Å². The number of imidazole rings is 1. The van der Waals surface area contributed by atoms with Crippen molar-refractivity contribution < 1.29 is 9.90 Å². The molecule has 13 heavy (non-hydrogen) atoms. The molecule has 1 unspecified atom stereocenters. The molecule has 1 heterocycles. The fourth-order valence-corrected chi connectivity index (χ4v) is 0.802. The molecular weight excluding hydrogens is 174 g/mol. The third-order valence-electron chi connectivity index (χ3n) is 1.49. The SMILES string of the molecule is CC(CO)NC(=O)c1c[nH]c(=O)[nH]1. The Balaban J connectivity index is 2.64. The molecule has 0 spiro atoms. The van der Waals surface area contributed by atoms with E-state index in [0.29, 0.717) is 0 Å². The highest BCUT2D eigenvalue weighted by Gasteiger charge is 2.09. The largest absolute Gasteiger partial charge is 0.394 e. The molecule has 72 valence electrons. The van der Waals surface area contributed by atoms with Gasteiger partial charge in [0.25, 0.3) is 5.91 Å². The zero-order valence-corrected chi connectivity index (χ0v) is 7.13. The Labute approximate surface area is 74.0 Å². The predicted octanol–water partition coefficient (Wildman–Crippen LogP) is -1.19. The van der Waals surface area contributed by atoms with Gasteiger partial charge in [-0.15, -0.1) is 0 Å². The molecule has 1 aromatic rings. The van der Waals surface area contributed by atoms with Crippen molar-refractivity contribution in [1.29, 1.82) is 0 Å². The molecule has 0 aliphatic carbocycles. The summed E-state index contributed by atoms with van der Waals surface area (Å²) < 4.78 is 0. The average Bonchev–Trinajstić information content (AvgIpc) is 2.51. The maximum Gasteiger partial charge on any atom is 0.323 e. The first kappa shape index (κ1) is 9.53. The van der Waals surface area contributed by atoms with Crippen molar-refractivity contribution in [3.63, 3.8) is 0 Å². The molecule has 6 nitrogen and oxygen atoms in total. The number of carbonyl (C=O) groups excluding carboxylic acids is 1. The van der Waals surface area contributed by atoms with Crippen LogP contribution < -0.4 is 11.0 Å². The van der Waals surface area contributed by atoms with Crippen LogP contribution in [-0.2, 0) is 0 Å². The number of aliphatic hydroxyl groups is 1. The van der Waals surface area contributed by atoms with Crippen molar-refractivity contribution in [3.8, 4) is 0 Å². The van der Waals surface area contributed by atoms with Gasteiger partial charge in [0.2, 0.25) is 0 Å². The van der Waals surface area contributed by atoms with Gasteiger partial charge in [0.1, 0.15) is 5.69 Å². The lowest BCUT2D eigenvalue weighted by molar-refractivity contribution is 0.0917. The molecule has 1 atom stereocenters. The summed E-state index contributed by atoms with van der Waals surface area (Å²) in [5.41, 5.74) is -0.271. The van der Waals surface area contributed by atoms with Gasteiger partial charge in [-0.25, -0.2) is 4.79 Å². The first-order valence-corrected chi connectivity index (χ1v) is 3.83. The number of hydrogen-bond donors (Lipinski definition) is 4. The lowest BCUT2D eigenvalue weighted by Crippen LogP contribution is -2.35. The molecule has 1 aromatic heterocycles. The Kier molecular flexibility index (Phi) is 2.86. The molecule has 6 heteroatoms. The van der Waals surface area contributed by atoms with Crippen LogP contribution in [0.5, 0.6) is 0 Å². The summed E-state index contributed by atoms with van der Waals surface area (Å²) in [7, 11) is 0. The van der Waals surface area contributed by atoms with Crippen LogP contribution in [0, 0.1) is 0 Å². The Morgan fingerprint density at radius 1 is 1.77 bits per heavy atom. The Bertz CT molecular complexity index is 341. The molecule has 0 aliphatic rings. The number of aliphatic hydroxyl groups excluding tert-OH is 1. The minimum Gasteiger partial charge on any atom is -0.394 e. The number of hydrogen-bond acceptors (Lipinski definition) is 3. The van der Waals surface area contributed by atoms with Gasteiger partial charge < -0.3 is 20.4 Å². The van der Waals surface area contributed by atoms with Gasteiger partial charge in [-0.3, -0.25) is 4.79 Å². The minimum atomic E-state index is -0.429. The summed E-state index contributed by atoms with van der Waals surface area (Å²) in [6.07, 6.45) is 1.28. The van der Waals surface area contributed by atoms with E-state index in [2.05, 4.69) is 15.3 Å². The zero-order valence-electron chi connectivity index (χ0n) is 7.13. The predicted molar refractivity (Wildman–Crippen MR) is 45.4 cm³/mol. The monoisotopic (exact) mass is 185 g/mol. The number of aromatic nitrogens is 2. The number of amides is 1. The fraction of sp³-hybridized carbons (Fsp3) is 0.429. The maximum atomic E-state index is 11.2. The molecular formula is C7H11N3O3. The van der Waals surface area contributed by atoms with Crippen LogP contribution in [0.3, 0.4) is 0 Å². The summed E-state index contributed by atoms with van der Waals surface area (Å²) in [5.74, 6) is -0.417. The van der Waals surface area contributed by atoms with Gasteiger partial charge in [-0.05, 0) is 6.92 Å². The first-order valence-electron chi connectivity index (χ1n) is 3.83. The van der Waals surface area contributed by atoms with Gasteiger partial charge in [0.05, 0.1) is 6.61 Å². The molecule has 0 saturated heterocycles. The van der Waals surface area contributed by atoms with E-state index in [1.807, 2.05) is 0 Å². The Morgan fingerprint density at radius 3 is 2.92 bits per heavy atom. The molecule has 0 fully saturated rings. The van der Waals surface area contributed by atoms with Crippen LogP contribution in [-0.4, -0.2) is 33.6 Å². The van der Waals surface area contributed by atoms with Crippen molar-refractivity contribution in [2.24, 2.45) is 0 Å². The second kappa shape index (κ2) is 3.90. The van der Waals surface area contributed by atoms with Gasteiger partial charge in [-0.2, -0.15) is 0 Å². The van der Waals surface area contributed by atoms with E-state index in [4.69, 9.17) is 5.11 Å². The smallest absolute Gasteiger partial charge is 0.323 e. The zero-order chi connectivity index (χ0) is 9.84. The van der Waals surface area contributed by atoms with Crippen molar-refractivity contribution >= 4 is 5.91 Å². The van der Waals surface area contributed by atoms with E-state index in [1.54, 1.807) is 6.92 Å². The van der Waals surface area contributed by atoms with E-state index >= 15 is 0 Å². The second-order valence-electron chi connectivity index (χ2n) is 2.71. The highest BCUT2D eigenvalue weighted by Crippen LogP contribution is 1.89. The van der Waals surface area contributed by atoms with Crippen molar-refractivity contribution in [2.75, 3.05) is 6.61 Å². The molecule has 0 aromatic carbocycles. The van der Waals surface area contributed by atoms with Gasteiger partial charge in [0, 0.05) is 12.2 Å². The van der Waals surface area contributed by atoms with Crippen LogP contribution in [0.1, 0.15) is 17.4 Å². The van der Waals surface area contributed by atoms with Gasteiger partial charge >= 0.3 is 5.69 Å². The number of rotatable bonds is 3. The van der Waals surface area contributed by atoms with E-state index in [-0.39, 0.29) is 18.3 Å². The summed E-state index contributed by atoms with van der Waals surface area (Å²) in [4.78, 5) is 26.4. The molecule has 4 N–H and O–H groups in total. The summed E-state index contributed by atoms with van der Waals surface area (Å²) in [6.45, 7) is 1.52. The summed E-state index contributed by atoms with van der Waals surface area (Å²) in [5, 5.41) is 11.1. The molecule has 0 saturated carbocycles. The topological polar surface area (TPSA) is 98.0 Å². The van der Waals surface area contributed by atoms with Crippen LogP contribution >= 0.6 is 0 Å². The Morgan fingerprint density at radius 2 is 2.46 bits per heavy atom. The lowest BCUT2D eigenvalue weighted by Gasteiger charge is -2.08. The molecule has 1 amide bonds. The molecule has 0 radical (unpaired) electrons. The third-order valence-corrected chi connectivity index (χ3v) is 1.49. The van der Waals surface area contributed by atoms with E-state index < -0.39 is 11.6 Å². The Hall–Kier alpha value is -1.56. The second-order valence-corrected chi connectivity index (χ2v) is 2.71. The quantitative estimate of drug-likeness (QED) is 0.476. The van der Waals surface area contributed by atoms with E-state index in [9.17, 15) is 9.59 Å². The van der Waals surface area contributed by atoms with Crippen molar-refractivity contribution in [1.82, 2.24) is 15.3 Å². The normalized spacial score (nSPS) is 12.5. The van der Waals surface area contributed by atoms with Crippen molar-refractivity contribution in [3.05, 3.63) is 22.4 Å². The molecule has 0 bridgehead atoms. The standard InChI is InChI=1S/C7H11N3O3/c1-4(3-11)9-6(12)5-2-8-7(13)10-5/h2,4,11H,3H2,1H3,(H,9,12)(H2,8,10,13). The summed E-state index contributed by atoms with van der Waals surface area (Å²) in [6, 6.07) is -0.328. The number of carbonyl (C=O) groups is 1. The first-order chi connectivity index (χ1) is 6.13. The highest BCUT2D eigenvalue weighted by atomic mass is 16.3. The lowest BCUT2D eigenvalue weighted by atomic mass is 10.3. The van der Waals surface area contributed by atoms with E-state index in [0.717, 1.165) is 0 Å². The van der Waals surface area contributed by atoms with Gasteiger partial charge in [-0.1, -0.05) is 0 Å². The van der Waals surface area contributed by atoms with Crippen LogP contribution in [0.2, 0.25) is 0 Å². The molecule has 0 aliphatic heterocycles. The number of H-pyrrole nitrogens is 2. The van der Waals surface area contributed by atoms with Gasteiger partial charge in [0.15, 0.2) is 0 Å². The van der Waals surface area contributed by atoms with Crippen molar-refractivity contribution in [2.45, 2.75) is 13.0 Å². The number of nitrogens with one attached hydrogen (secondary N) is 3. The number of aromatic amines is 2. The summed E-state index contributed by atoms with van der Waals surface area (Å²) >= 11 is 0. The van der Waals surface area contributed by atoms with Crippen LogP contribution in [0.4, 0.5) is 0 Å². The third kappa shape index (κ3) is 2.45. The maximum absolute atomic E-state index is 11.2. The van der Waals surface area contributed by atoms with E-state index in [1.165, 1.54) is 6.20 Å². The van der Waals surface area contributed by atoms with Crippen LogP contribution in [0.25, 0.3) is 0 Å².